The van der Waals surface area contributed by atoms with E-state index in [2.05, 4.69) is 69.4 Å². The molecular formula is C34H36ClN5O3. The number of ether oxygens (including phenoxy) is 3. The maximum absolute atomic E-state index is 6.58. The number of anilines is 1. The SMILES string of the molecule is COc1ccc(CNc2ccc3ccc(CC[C@@]4(C)C[C@@H](n5ccc6c(Cl)ncnc65)[C@@H]5OC(C)(C)O[C@@H]54)cc3n2)cc1. The van der Waals surface area contributed by atoms with Gasteiger partial charge in [0.2, 0.25) is 0 Å². The monoisotopic (exact) mass is 597 g/mol. The lowest BCUT2D eigenvalue weighted by atomic mass is 9.80. The van der Waals surface area contributed by atoms with Gasteiger partial charge in [0.1, 0.15) is 34.8 Å². The number of nitrogens with zero attached hydrogens (tertiary/aromatic N) is 4. The van der Waals surface area contributed by atoms with Gasteiger partial charge in [-0.05, 0) is 86.1 Å². The second-order valence-corrected chi connectivity index (χ2v) is 12.9. The van der Waals surface area contributed by atoms with Crippen LogP contribution in [0.3, 0.4) is 0 Å². The molecule has 9 heteroatoms. The smallest absolute Gasteiger partial charge is 0.163 e. The summed E-state index contributed by atoms with van der Waals surface area (Å²) >= 11 is 6.38. The molecule has 2 aliphatic rings. The van der Waals surface area contributed by atoms with E-state index in [4.69, 9.17) is 30.8 Å². The minimum Gasteiger partial charge on any atom is -0.497 e. The fraction of sp³-hybridized carbons (Fsp3) is 0.382. The van der Waals surface area contributed by atoms with Crippen LogP contribution in [0.25, 0.3) is 21.9 Å². The lowest BCUT2D eigenvalue weighted by Gasteiger charge is -2.32. The van der Waals surface area contributed by atoms with Gasteiger partial charge in [-0.15, -0.1) is 0 Å². The summed E-state index contributed by atoms with van der Waals surface area (Å²) in [6.07, 6.45) is 6.25. The van der Waals surface area contributed by atoms with Gasteiger partial charge in [0.25, 0.3) is 0 Å². The van der Waals surface area contributed by atoms with E-state index in [0.717, 1.165) is 52.8 Å². The van der Waals surface area contributed by atoms with Crippen molar-refractivity contribution < 1.29 is 14.2 Å². The van der Waals surface area contributed by atoms with E-state index in [-0.39, 0.29) is 23.7 Å². The molecule has 3 aromatic heterocycles. The summed E-state index contributed by atoms with van der Waals surface area (Å²) in [6, 6.07) is 20.9. The van der Waals surface area contributed by atoms with Gasteiger partial charge in [-0.25, -0.2) is 15.0 Å². The number of hydrogen-bond donors (Lipinski definition) is 1. The molecule has 1 saturated carbocycles. The van der Waals surface area contributed by atoms with E-state index >= 15 is 0 Å². The van der Waals surface area contributed by atoms with Crippen molar-refractivity contribution in [2.24, 2.45) is 5.41 Å². The molecule has 8 nitrogen and oxygen atoms in total. The summed E-state index contributed by atoms with van der Waals surface area (Å²) in [5.41, 5.74) is 4.15. The second kappa shape index (κ2) is 10.8. The van der Waals surface area contributed by atoms with Crippen LogP contribution in [0, 0.1) is 5.41 Å². The van der Waals surface area contributed by atoms with Gasteiger partial charge in [-0.3, -0.25) is 0 Å². The third-order valence-corrected chi connectivity index (χ3v) is 9.36. The summed E-state index contributed by atoms with van der Waals surface area (Å²) in [5.74, 6) is 1.06. The van der Waals surface area contributed by atoms with Crippen LogP contribution in [0.4, 0.5) is 5.82 Å². The van der Waals surface area contributed by atoms with E-state index in [9.17, 15) is 0 Å². The molecule has 0 amide bonds. The van der Waals surface area contributed by atoms with Crippen molar-refractivity contribution in [2.75, 3.05) is 12.4 Å². The second-order valence-electron chi connectivity index (χ2n) is 12.5. The van der Waals surface area contributed by atoms with Crippen LogP contribution in [0.5, 0.6) is 5.75 Å². The first-order valence-corrected chi connectivity index (χ1v) is 15.2. The van der Waals surface area contributed by atoms with Crippen molar-refractivity contribution in [3.8, 4) is 5.75 Å². The molecule has 4 atom stereocenters. The minimum absolute atomic E-state index is 0.0328. The van der Waals surface area contributed by atoms with Crippen LogP contribution in [0.2, 0.25) is 5.15 Å². The number of halogens is 1. The molecule has 2 aromatic carbocycles. The van der Waals surface area contributed by atoms with Gasteiger partial charge in [-0.1, -0.05) is 42.8 Å². The van der Waals surface area contributed by atoms with E-state index in [0.29, 0.717) is 11.7 Å². The average molecular weight is 598 g/mol. The predicted molar refractivity (Wildman–Crippen MR) is 169 cm³/mol. The molecule has 0 unspecified atom stereocenters. The first-order chi connectivity index (χ1) is 20.7. The van der Waals surface area contributed by atoms with Crippen molar-refractivity contribution >= 4 is 39.4 Å². The van der Waals surface area contributed by atoms with Crippen molar-refractivity contribution in [2.45, 2.75) is 70.6 Å². The maximum Gasteiger partial charge on any atom is 0.163 e. The fourth-order valence-corrected chi connectivity index (χ4v) is 7.00. The minimum atomic E-state index is -0.646. The van der Waals surface area contributed by atoms with Crippen LogP contribution in [-0.4, -0.2) is 44.6 Å². The Morgan fingerprint density at radius 2 is 1.79 bits per heavy atom. The Labute approximate surface area is 256 Å². The summed E-state index contributed by atoms with van der Waals surface area (Å²) in [4.78, 5) is 13.7. The molecule has 1 aliphatic heterocycles. The first kappa shape index (κ1) is 28.1. The Bertz CT molecular complexity index is 1790. The Hall–Kier alpha value is -3.72. The van der Waals surface area contributed by atoms with Gasteiger partial charge >= 0.3 is 0 Å². The molecule has 5 aromatic rings. The molecule has 222 valence electrons. The van der Waals surface area contributed by atoms with E-state index in [1.165, 1.54) is 17.5 Å². The Morgan fingerprint density at radius 3 is 2.60 bits per heavy atom. The molecule has 4 heterocycles. The zero-order valence-electron chi connectivity index (χ0n) is 24.9. The van der Waals surface area contributed by atoms with Crippen molar-refractivity contribution in [1.29, 1.82) is 0 Å². The molecule has 1 saturated heterocycles. The molecule has 1 N–H and O–H groups in total. The topological polar surface area (TPSA) is 83.3 Å². The third-order valence-electron chi connectivity index (χ3n) is 9.06. The number of fused-ring (bicyclic) bond motifs is 3. The highest BCUT2D eigenvalue weighted by Gasteiger charge is 2.59. The van der Waals surface area contributed by atoms with Gasteiger partial charge in [0.05, 0.1) is 30.2 Å². The van der Waals surface area contributed by atoms with E-state index in [1.54, 1.807) is 7.11 Å². The standard InChI is InChI=1S/C34H36ClN5O3/c1-33(2)42-29-27(40-16-14-25-31(35)37-20-38-32(25)40)18-34(3,30(29)43-33)15-13-21-5-8-23-9-12-28(39-26(23)17-21)36-19-22-6-10-24(41-4)11-7-22/h5-12,14,16-17,20,27,29-30H,13,15,18-19H2,1-4H3,(H,36,39)/t27-,29+,30+,34+/m1/s1. The zero-order chi connectivity index (χ0) is 29.8. The number of aromatic nitrogens is 4. The third kappa shape index (κ3) is 5.32. The average Bonchev–Trinajstić information content (AvgIpc) is 3.66. The van der Waals surface area contributed by atoms with Crippen LogP contribution in [-0.2, 0) is 22.4 Å². The molecule has 0 bridgehead atoms. The highest BCUT2D eigenvalue weighted by molar-refractivity contribution is 6.33. The van der Waals surface area contributed by atoms with Crippen LogP contribution < -0.4 is 10.1 Å². The largest absolute Gasteiger partial charge is 0.497 e. The first-order valence-electron chi connectivity index (χ1n) is 14.8. The zero-order valence-corrected chi connectivity index (χ0v) is 25.6. The van der Waals surface area contributed by atoms with Crippen molar-refractivity contribution in [1.82, 2.24) is 19.5 Å². The number of nitrogens with one attached hydrogen (secondary N) is 1. The fourth-order valence-electron chi connectivity index (χ4n) is 6.81. The van der Waals surface area contributed by atoms with Crippen LogP contribution in [0.1, 0.15) is 50.8 Å². The highest BCUT2D eigenvalue weighted by atomic mass is 35.5. The maximum atomic E-state index is 6.58. The lowest BCUT2D eigenvalue weighted by molar-refractivity contribution is -0.168. The summed E-state index contributed by atoms with van der Waals surface area (Å²) in [6.45, 7) is 7.04. The van der Waals surface area contributed by atoms with Crippen LogP contribution >= 0.6 is 11.6 Å². The Kier molecular flexibility index (Phi) is 7.03. The molecule has 1 aliphatic carbocycles. The molecular weight excluding hydrogens is 562 g/mol. The number of benzene rings is 2. The Morgan fingerprint density at radius 1 is 1.00 bits per heavy atom. The lowest BCUT2D eigenvalue weighted by Crippen LogP contribution is -2.34. The number of rotatable bonds is 8. The molecule has 43 heavy (non-hydrogen) atoms. The van der Waals surface area contributed by atoms with Crippen LogP contribution in [0.15, 0.2) is 73.2 Å². The van der Waals surface area contributed by atoms with Gasteiger partial charge < -0.3 is 24.1 Å². The Balaban J connectivity index is 1.09. The van der Waals surface area contributed by atoms with Gasteiger partial charge in [0, 0.05) is 18.1 Å². The van der Waals surface area contributed by atoms with Gasteiger partial charge in [-0.2, -0.15) is 0 Å². The highest BCUT2D eigenvalue weighted by Crippen LogP contribution is 2.55. The normalized spacial score (nSPS) is 24.4. The van der Waals surface area contributed by atoms with Gasteiger partial charge in [0.15, 0.2) is 5.79 Å². The van der Waals surface area contributed by atoms with Crippen molar-refractivity contribution in [3.05, 3.63) is 89.5 Å². The van der Waals surface area contributed by atoms with E-state index in [1.807, 2.05) is 38.1 Å². The predicted octanol–water partition coefficient (Wildman–Crippen LogP) is 7.36. The van der Waals surface area contributed by atoms with E-state index < -0.39 is 5.79 Å². The molecule has 0 spiro atoms. The summed E-state index contributed by atoms with van der Waals surface area (Å²) in [7, 11) is 1.68. The number of aryl methyl sites for hydroxylation is 1. The summed E-state index contributed by atoms with van der Waals surface area (Å²) in [5, 5.41) is 5.91. The molecule has 7 rings (SSSR count). The number of pyridine rings is 1. The number of methoxy groups -OCH3 is 1. The molecule has 2 fully saturated rings. The number of hydrogen-bond acceptors (Lipinski definition) is 7. The molecule has 0 radical (unpaired) electrons. The quantitative estimate of drug-likeness (QED) is 0.187. The van der Waals surface area contributed by atoms with Crippen molar-refractivity contribution in [3.63, 3.8) is 0 Å². The summed E-state index contributed by atoms with van der Waals surface area (Å²) < 4.78 is 20.6.